The molecule has 0 radical (unpaired) electrons. The van der Waals surface area contributed by atoms with E-state index in [0.29, 0.717) is 41.6 Å². The molecule has 0 saturated carbocycles. The van der Waals surface area contributed by atoms with Crippen LogP contribution < -0.4 is 10.1 Å². The van der Waals surface area contributed by atoms with Gasteiger partial charge in [-0.15, -0.1) is 0 Å². The molecule has 3 heterocycles. The van der Waals surface area contributed by atoms with Crippen molar-refractivity contribution in [1.29, 1.82) is 0 Å². The van der Waals surface area contributed by atoms with Crippen LogP contribution in [-0.2, 0) is 6.54 Å². The zero-order valence-corrected chi connectivity index (χ0v) is 14.5. The number of fused-ring (bicyclic) bond motifs is 1. The summed E-state index contributed by atoms with van der Waals surface area (Å²) >= 11 is 6.04. The zero-order chi connectivity index (χ0) is 18.3. The first-order valence-corrected chi connectivity index (χ1v) is 8.21. The number of hydrogen-bond acceptors (Lipinski definition) is 6. The van der Waals surface area contributed by atoms with E-state index in [0.717, 1.165) is 0 Å². The summed E-state index contributed by atoms with van der Waals surface area (Å²) in [5, 5.41) is 17.2. The summed E-state index contributed by atoms with van der Waals surface area (Å²) in [5.74, 6) is 0.343. The molecule has 1 aliphatic heterocycles. The number of rotatable bonds is 3. The predicted octanol–water partition coefficient (Wildman–Crippen LogP) is 2.12. The third kappa shape index (κ3) is 2.74. The van der Waals surface area contributed by atoms with Crippen LogP contribution in [0, 0.1) is 0 Å². The highest BCUT2D eigenvalue weighted by Crippen LogP contribution is 2.37. The summed E-state index contributed by atoms with van der Waals surface area (Å²) in [4.78, 5) is 20.7. The van der Waals surface area contributed by atoms with E-state index in [1.807, 2.05) is 0 Å². The fraction of sp³-hybridized carbons (Fsp3) is 0.176. The number of phenols is 1. The Morgan fingerprint density at radius 2 is 2.15 bits per heavy atom. The molecule has 0 bridgehead atoms. The molecular weight excluding hydrogens is 358 g/mol. The summed E-state index contributed by atoms with van der Waals surface area (Å²) in [6.07, 6.45) is 1.60. The zero-order valence-electron chi connectivity index (χ0n) is 13.7. The van der Waals surface area contributed by atoms with Gasteiger partial charge in [-0.25, -0.2) is 9.97 Å². The van der Waals surface area contributed by atoms with Gasteiger partial charge in [0.1, 0.15) is 11.4 Å². The minimum Gasteiger partial charge on any atom is -0.503 e. The van der Waals surface area contributed by atoms with Crippen molar-refractivity contribution in [1.82, 2.24) is 25.1 Å². The first-order valence-electron chi connectivity index (χ1n) is 7.83. The van der Waals surface area contributed by atoms with Gasteiger partial charge in [0.2, 0.25) is 0 Å². The summed E-state index contributed by atoms with van der Waals surface area (Å²) in [6.45, 7) is 1.16. The molecule has 26 heavy (non-hydrogen) atoms. The molecule has 0 saturated heterocycles. The Labute approximate surface area is 153 Å². The van der Waals surface area contributed by atoms with Crippen LogP contribution in [-0.4, -0.2) is 44.4 Å². The molecule has 0 fully saturated rings. The number of carbonyl (C=O) groups excluding carboxylic acids is 1. The molecule has 132 valence electrons. The summed E-state index contributed by atoms with van der Waals surface area (Å²) in [7, 11) is 1.44. The van der Waals surface area contributed by atoms with Crippen LogP contribution >= 0.6 is 11.6 Å². The summed E-state index contributed by atoms with van der Waals surface area (Å²) in [5.41, 5.74) is 2.25. The number of phenolic OH excluding ortho intramolecular Hbond substituents is 1. The fourth-order valence-electron chi connectivity index (χ4n) is 2.76. The maximum atomic E-state index is 11.9. The minimum absolute atomic E-state index is 0.137. The maximum absolute atomic E-state index is 11.9. The van der Waals surface area contributed by atoms with E-state index in [1.54, 1.807) is 35.1 Å². The van der Waals surface area contributed by atoms with Gasteiger partial charge in [0.25, 0.3) is 5.91 Å². The second-order valence-electron chi connectivity index (χ2n) is 5.67. The Morgan fingerprint density at radius 1 is 1.31 bits per heavy atom. The lowest BCUT2D eigenvalue weighted by Gasteiger charge is -2.13. The molecule has 9 heteroatoms. The van der Waals surface area contributed by atoms with Crippen molar-refractivity contribution in [2.75, 3.05) is 13.7 Å². The van der Waals surface area contributed by atoms with E-state index in [-0.39, 0.29) is 22.4 Å². The number of aromatic hydroxyl groups is 1. The Bertz CT molecular complexity index is 1020. The monoisotopic (exact) mass is 371 g/mol. The third-order valence-electron chi connectivity index (χ3n) is 4.05. The Balaban J connectivity index is 1.76. The lowest BCUT2D eigenvalue weighted by atomic mass is 10.1. The molecule has 1 amide bonds. The first-order chi connectivity index (χ1) is 12.6. The molecule has 0 spiro atoms. The molecule has 0 unspecified atom stereocenters. The fourth-order valence-corrected chi connectivity index (χ4v) is 2.97. The van der Waals surface area contributed by atoms with E-state index in [2.05, 4.69) is 20.4 Å². The predicted molar refractivity (Wildman–Crippen MR) is 94.2 cm³/mol. The van der Waals surface area contributed by atoms with Gasteiger partial charge >= 0.3 is 0 Å². The molecule has 3 aromatic rings. The normalized spacial score (nSPS) is 13.2. The van der Waals surface area contributed by atoms with E-state index in [1.165, 1.54) is 7.11 Å². The van der Waals surface area contributed by atoms with Crippen LogP contribution in [0.1, 0.15) is 10.5 Å². The molecule has 0 atom stereocenters. The van der Waals surface area contributed by atoms with Gasteiger partial charge in [0, 0.05) is 18.3 Å². The highest BCUT2D eigenvalue weighted by Gasteiger charge is 2.20. The number of halogens is 1. The van der Waals surface area contributed by atoms with Crippen molar-refractivity contribution in [2.24, 2.45) is 0 Å². The average Bonchev–Trinajstić information content (AvgIpc) is 3.10. The number of benzene rings is 1. The molecular formula is C17H14ClN5O3. The van der Waals surface area contributed by atoms with E-state index < -0.39 is 0 Å². The topological polar surface area (TPSA) is 102 Å². The van der Waals surface area contributed by atoms with E-state index in [4.69, 9.17) is 16.3 Å². The second-order valence-corrected chi connectivity index (χ2v) is 6.08. The lowest BCUT2D eigenvalue weighted by molar-refractivity contribution is 0.0924. The Morgan fingerprint density at radius 3 is 2.92 bits per heavy atom. The SMILES string of the molecule is COc1cc(-c2nccc(-c3cc4n(n3)CCNC4=O)n2)cc(Cl)c1O. The molecule has 0 aliphatic carbocycles. The molecule has 8 nitrogen and oxygen atoms in total. The van der Waals surface area contributed by atoms with Gasteiger partial charge in [-0.3, -0.25) is 9.48 Å². The number of nitrogens with zero attached hydrogens (tertiary/aromatic N) is 4. The van der Waals surface area contributed by atoms with E-state index >= 15 is 0 Å². The number of aromatic nitrogens is 4. The van der Waals surface area contributed by atoms with Crippen LogP contribution in [0.4, 0.5) is 0 Å². The second kappa shape index (κ2) is 6.30. The van der Waals surface area contributed by atoms with Gasteiger partial charge in [0.15, 0.2) is 17.3 Å². The highest BCUT2D eigenvalue weighted by atomic mass is 35.5. The quantitative estimate of drug-likeness (QED) is 0.731. The smallest absolute Gasteiger partial charge is 0.269 e. The van der Waals surface area contributed by atoms with Crippen molar-refractivity contribution in [2.45, 2.75) is 6.54 Å². The van der Waals surface area contributed by atoms with Crippen LogP contribution in [0.3, 0.4) is 0 Å². The number of nitrogens with one attached hydrogen (secondary N) is 1. The lowest BCUT2D eigenvalue weighted by Crippen LogP contribution is -2.35. The molecule has 2 N–H and O–H groups in total. The number of carbonyl (C=O) groups is 1. The van der Waals surface area contributed by atoms with Gasteiger partial charge < -0.3 is 15.2 Å². The Hall–Kier alpha value is -3.13. The summed E-state index contributed by atoms with van der Waals surface area (Å²) < 4.78 is 6.78. The van der Waals surface area contributed by atoms with Gasteiger partial charge in [-0.2, -0.15) is 5.10 Å². The van der Waals surface area contributed by atoms with Crippen LogP contribution in [0.2, 0.25) is 5.02 Å². The van der Waals surface area contributed by atoms with Crippen molar-refractivity contribution in [3.05, 3.63) is 41.2 Å². The number of amides is 1. The molecule has 4 rings (SSSR count). The highest BCUT2D eigenvalue weighted by molar-refractivity contribution is 6.32. The Kier molecular flexibility index (Phi) is 3.96. The molecule has 1 aliphatic rings. The first kappa shape index (κ1) is 16.3. The van der Waals surface area contributed by atoms with Crippen LogP contribution in [0.25, 0.3) is 22.8 Å². The van der Waals surface area contributed by atoms with Crippen molar-refractivity contribution in [3.63, 3.8) is 0 Å². The summed E-state index contributed by atoms with van der Waals surface area (Å²) in [6, 6.07) is 6.58. The standard InChI is InChI=1S/C17H14ClN5O3/c1-26-14-7-9(6-10(18)15(14)24)16-19-3-2-11(21-16)12-8-13-17(25)20-4-5-23(13)22-12/h2-3,6-8,24H,4-5H2,1H3,(H,20,25). The molecule has 2 aromatic heterocycles. The van der Waals surface area contributed by atoms with Gasteiger partial charge in [-0.1, -0.05) is 11.6 Å². The van der Waals surface area contributed by atoms with Crippen LogP contribution in [0.5, 0.6) is 11.5 Å². The average molecular weight is 372 g/mol. The maximum Gasteiger partial charge on any atom is 0.269 e. The molecule has 1 aromatic carbocycles. The number of ether oxygens (including phenoxy) is 1. The largest absolute Gasteiger partial charge is 0.503 e. The van der Waals surface area contributed by atoms with Gasteiger partial charge in [0.05, 0.1) is 24.4 Å². The number of methoxy groups -OCH3 is 1. The van der Waals surface area contributed by atoms with Gasteiger partial charge in [-0.05, 0) is 24.3 Å². The van der Waals surface area contributed by atoms with Crippen molar-refractivity contribution < 1.29 is 14.6 Å². The number of hydrogen-bond donors (Lipinski definition) is 2. The van der Waals surface area contributed by atoms with Crippen molar-refractivity contribution in [3.8, 4) is 34.3 Å². The van der Waals surface area contributed by atoms with Crippen LogP contribution in [0.15, 0.2) is 30.5 Å². The van der Waals surface area contributed by atoms with E-state index in [9.17, 15) is 9.90 Å². The third-order valence-corrected chi connectivity index (χ3v) is 4.33. The minimum atomic E-state index is -0.153. The van der Waals surface area contributed by atoms with Crippen molar-refractivity contribution >= 4 is 17.5 Å².